The fourth-order valence-corrected chi connectivity index (χ4v) is 2.97. The van der Waals surface area contributed by atoms with Crippen molar-refractivity contribution in [1.29, 1.82) is 0 Å². The van der Waals surface area contributed by atoms with Crippen LogP contribution in [0, 0.1) is 0 Å². The van der Waals surface area contributed by atoms with E-state index < -0.39 is 0 Å². The normalized spacial score (nSPS) is 18.6. The minimum absolute atomic E-state index is 0.0587. The average Bonchev–Trinajstić information content (AvgIpc) is 3.07. The van der Waals surface area contributed by atoms with Gasteiger partial charge in [0.15, 0.2) is 6.29 Å². The van der Waals surface area contributed by atoms with Crippen molar-refractivity contribution in [3.63, 3.8) is 0 Å². The van der Waals surface area contributed by atoms with Gasteiger partial charge in [-0.05, 0) is 31.4 Å². The van der Waals surface area contributed by atoms with Gasteiger partial charge in [0, 0.05) is 18.2 Å². The summed E-state index contributed by atoms with van der Waals surface area (Å²) in [6, 6.07) is 7.96. The molecule has 1 aromatic heterocycles. The van der Waals surface area contributed by atoms with Crippen molar-refractivity contribution < 1.29 is 14.2 Å². The van der Waals surface area contributed by atoms with E-state index in [4.69, 9.17) is 14.2 Å². The van der Waals surface area contributed by atoms with Crippen LogP contribution in [0.5, 0.6) is 5.75 Å². The largest absolute Gasteiger partial charge is 0.490 e. The number of thiazole rings is 1. The van der Waals surface area contributed by atoms with E-state index in [1.807, 2.05) is 29.6 Å². The van der Waals surface area contributed by atoms with Gasteiger partial charge in [-0.25, -0.2) is 4.98 Å². The molecule has 2 heterocycles. The molecule has 5 heteroatoms. The molecule has 0 amide bonds. The quantitative estimate of drug-likeness (QED) is 0.762. The van der Waals surface area contributed by atoms with Gasteiger partial charge in [0.25, 0.3) is 0 Å². The molecular formula is C16H19NO3S. The van der Waals surface area contributed by atoms with E-state index in [9.17, 15) is 0 Å². The highest BCUT2D eigenvalue weighted by Gasteiger charge is 2.14. The molecule has 0 saturated carbocycles. The van der Waals surface area contributed by atoms with Crippen molar-refractivity contribution in [3.05, 3.63) is 35.8 Å². The minimum Gasteiger partial charge on any atom is -0.490 e. The summed E-state index contributed by atoms with van der Waals surface area (Å²) in [5.74, 6) is 0.848. The maximum Gasteiger partial charge on any atom is 0.157 e. The number of rotatable bonds is 6. The molecule has 1 fully saturated rings. The first kappa shape index (κ1) is 14.5. The SMILES string of the molecule is c1ccc(-c2nccs2)c(OCCO[C@H]2CCCCO2)c1. The van der Waals surface area contributed by atoms with Crippen LogP contribution < -0.4 is 4.74 Å². The van der Waals surface area contributed by atoms with E-state index >= 15 is 0 Å². The molecule has 112 valence electrons. The molecule has 1 atom stereocenters. The highest BCUT2D eigenvalue weighted by atomic mass is 32.1. The number of para-hydroxylation sites is 1. The van der Waals surface area contributed by atoms with Crippen LogP contribution in [0.3, 0.4) is 0 Å². The lowest BCUT2D eigenvalue weighted by Crippen LogP contribution is -2.24. The molecule has 0 N–H and O–H groups in total. The molecule has 4 nitrogen and oxygen atoms in total. The highest BCUT2D eigenvalue weighted by Crippen LogP contribution is 2.31. The molecule has 0 aliphatic carbocycles. The molecule has 21 heavy (non-hydrogen) atoms. The van der Waals surface area contributed by atoms with E-state index in [-0.39, 0.29) is 6.29 Å². The van der Waals surface area contributed by atoms with Gasteiger partial charge >= 0.3 is 0 Å². The topological polar surface area (TPSA) is 40.6 Å². The Morgan fingerprint density at radius 1 is 1.24 bits per heavy atom. The molecule has 1 aromatic carbocycles. The molecule has 1 aliphatic rings. The predicted octanol–water partition coefficient (Wildman–Crippen LogP) is 3.73. The zero-order valence-electron chi connectivity index (χ0n) is 11.9. The van der Waals surface area contributed by atoms with Crippen LogP contribution in [0.1, 0.15) is 19.3 Å². The summed E-state index contributed by atoms with van der Waals surface area (Å²) in [5.41, 5.74) is 1.03. The van der Waals surface area contributed by atoms with Crippen molar-refractivity contribution in [2.45, 2.75) is 25.6 Å². The fraction of sp³-hybridized carbons (Fsp3) is 0.438. The Morgan fingerprint density at radius 3 is 3.00 bits per heavy atom. The molecule has 2 aromatic rings. The lowest BCUT2D eigenvalue weighted by Gasteiger charge is -2.22. The van der Waals surface area contributed by atoms with Crippen LogP contribution in [-0.4, -0.2) is 31.1 Å². The van der Waals surface area contributed by atoms with Crippen LogP contribution in [0.15, 0.2) is 35.8 Å². The maximum absolute atomic E-state index is 5.84. The van der Waals surface area contributed by atoms with Gasteiger partial charge < -0.3 is 14.2 Å². The monoisotopic (exact) mass is 305 g/mol. The van der Waals surface area contributed by atoms with E-state index in [2.05, 4.69) is 4.98 Å². The van der Waals surface area contributed by atoms with Gasteiger partial charge in [0.05, 0.1) is 12.2 Å². The summed E-state index contributed by atoms with van der Waals surface area (Å²) in [6.07, 6.45) is 5.04. The van der Waals surface area contributed by atoms with Crippen molar-refractivity contribution in [2.24, 2.45) is 0 Å². The second-order valence-corrected chi connectivity index (χ2v) is 5.74. The Balaban J connectivity index is 1.51. The molecule has 1 saturated heterocycles. The smallest absolute Gasteiger partial charge is 0.157 e. The summed E-state index contributed by atoms with van der Waals surface area (Å²) >= 11 is 1.61. The van der Waals surface area contributed by atoms with Crippen molar-refractivity contribution in [1.82, 2.24) is 4.98 Å². The maximum atomic E-state index is 5.84. The third-order valence-electron chi connectivity index (χ3n) is 3.33. The Hall–Kier alpha value is -1.43. The summed E-state index contributed by atoms with van der Waals surface area (Å²) in [6.45, 7) is 1.86. The van der Waals surface area contributed by atoms with E-state index in [0.29, 0.717) is 13.2 Å². The zero-order valence-corrected chi connectivity index (χ0v) is 12.7. The van der Waals surface area contributed by atoms with Gasteiger partial charge in [0.2, 0.25) is 0 Å². The van der Waals surface area contributed by atoms with Crippen LogP contribution in [-0.2, 0) is 9.47 Å². The molecular weight excluding hydrogens is 286 g/mol. The first-order valence-electron chi connectivity index (χ1n) is 7.28. The fourth-order valence-electron chi connectivity index (χ4n) is 2.30. The molecule has 1 aliphatic heterocycles. The number of hydrogen-bond acceptors (Lipinski definition) is 5. The second kappa shape index (κ2) is 7.54. The van der Waals surface area contributed by atoms with Crippen LogP contribution in [0.25, 0.3) is 10.6 Å². The first-order valence-corrected chi connectivity index (χ1v) is 8.16. The standard InChI is InChI=1S/C16H19NO3S/c1-2-6-14(13(5-1)16-17-8-12-21-16)18-10-11-20-15-7-3-4-9-19-15/h1-2,5-6,8,12,15H,3-4,7,9-11H2/t15-/m0/s1. The third kappa shape index (κ3) is 4.03. The molecule has 3 rings (SSSR count). The van der Waals surface area contributed by atoms with E-state index in [1.165, 1.54) is 6.42 Å². The lowest BCUT2D eigenvalue weighted by atomic mass is 10.2. The van der Waals surface area contributed by atoms with Gasteiger partial charge in [-0.1, -0.05) is 12.1 Å². The zero-order chi connectivity index (χ0) is 14.3. The van der Waals surface area contributed by atoms with Crippen molar-refractivity contribution >= 4 is 11.3 Å². The van der Waals surface area contributed by atoms with Crippen molar-refractivity contribution in [2.75, 3.05) is 19.8 Å². The summed E-state index contributed by atoms with van der Waals surface area (Å²) < 4.78 is 17.0. The van der Waals surface area contributed by atoms with E-state index in [1.54, 1.807) is 17.5 Å². The summed E-state index contributed by atoms with van der Waals surface area (Å²) in [4.78, 5) is 4.34. The van der Waals surface area contributed by atoms with Crippen LogP contribution in [0.2, 0.25) is 0 Å². The number of hydrogen-bond donors (Lipinski definition) is 0. The molecule has 0 spiro atoms. The third-order valence-corrected chi connectivity index (χ3v) is 4.14. The number of ether oxygens (including phenoxy) is 3. The van der Waals surface area contributed by atoms with Gasteiger partial charge in [-0.15, -0.1) is 11.3 Å². The van der Waals surface area contributed by atoms with Gasteiger partial charge in [-0.2, -0.15) is 0 Å². The lowest BCUT2D eigenvalue weighted by molar-refractivity contribution is -0.165. The summed E-state index contributed by atoms with van der Waals surface area (Å²) in [7, 11) is 0. The average molecular weight is 305 g/mol. The van der Waals surface area contributed by atoms with Crippen LogP contribution >= 0.6 is 11.3 Å². The molecule has 0 bridgehead atoms. The predicted molar refractivity (Wildman–Crippen MR) is 82.6 cm³/mol. The molecule has 0 radical (unpaired) electrons. The Bertz CT molecular complexity index is 538. The first-order chi connectivity index (χ1) is 10.4. The number of nitrogens with zero attached hydrogens (tertiary/aromatic N) is 1. The second-order valence-electron chi connectivity index (χ2n) is 4.85. The molecule has 0 unspecified atom stereocenters. The Labute approximate surface area is 128 Å². The number of aromatic nitrogens is 1. The minimum atomic E-state index is -0.0587. The number of benzene rings is 1. The van der Waals surface area contributed by atoms with E-state index in [0.717, 1.165) is 35.8 Å². The van der Waals surface area contributed by atoms with Crippen molar-refractivity contribution in [3.8, 4) is 16.3 Å². The van der Waals surface area contributed by atoms with Gasteiger partial charge in [-0.3, -0.25) is 0 Å². The Kier molecular flexibility index (Phi) is 5.21. The highest BCUT2D eigenvalue weighted by molar-refractivity contribution is 7.13. The Morgan fingerprint density at radius 2 is 2.19 bits per heavy atom. The van der Waals surface area contributed by atoms with Gasteiger partial charge in [0.1, 0.15) is 17.4 Å². The van der Waals surface area contributed by atoms with Crippen LogP contribution in [0.4, 0.5) is 0 Å². The summed E-state index contributed by atoms with van der Waals surface area (Å²) in [5, 5.41) is 2.94.